The minimum atomic E-state index is -0.491. The molecular formula is C21H24FNO3. The number of nitrogens with zero attached hydrogens (tertiary/aromatic N) is 1. The van der Waals surface area contributed by atoms with Crippen LogP contribution in [0.3, 0.4) is 0 Å². The van der Waals surface area contributed by atoms with Crippen molar-refractivity contribution < 1.29 is 18.6 Å². The van der Waals surface area contributed by atoms with E-state index in [2.05, 4.69) is 36.2 Å². The maximum atomic E-state index is 12.0. The predicted molar refractivity (Wildman–Crippen MR) is 101 cm³/mol. The summed E-state index contributed by atoms with van der Waals surface area (Å²) >= 11 is 0. The van der Waals surface area contributed by atoms with Gasteiger partial charge in [-0.25, -0.2) is 4.39 Å². The molecule has 1 aliphatic heterocycles. The standard InChI is InChI=1S/C21H24FNO3/c1-2-16-3-5-17(6-4-16)18-7-9-19(10-8-18)25-15-21-23-13-20(26-21)14-24-12-11-22/h3-10,13,20-21H,2,11-12,14-15H2,1H3/t20?,21-/m0/s1. The first kappa shape index (κ1) is 18.5. The van der Waals surface area contributed by atoms with E-state index in [1.807, 2.05) is 24.3 Å². The molecule has 1 aliphatic rings. The Morgan fingerprint density at radius 2 is 1.69 bits per heavy atom. The monoisotopic (exact) mass is 357 g/mol. The van der Waals surface area contributed by atoms with E-state index < -0.39 is 6.67 Å². The molecule has 2 aromatic rings. The van der Waals surface area contributed by atoms with Crippen LogP contribution in [0.15, 0.2) is 53.5 Å². The molecule has 0 aliphatic carbocycles. The molecule has 0 N–H and O–H groups in total. The third-order valence-corrected chi connectivity index (χ3v) is 4.20. The third kappa shape index (κ3) is 5.13. The zero-order chi connectivity index (χ0) is 18.2. The summed E-state index contributed by atoms with van der Waals surface area (Å²) in [5, 5.41) is 0. The Hall–Kier alpha value is -2.24. The van der Waals surface area contributed by atoms with Gasteiger partial charge in [-0.05, 0) is 35.2 Å². The van der Waals surface area contributed by atoms with Crippen molar-refractivity contribution in [2.45, 2.75) is 25.7 Å². The van der Waals surface area contributed by atoms with Crippen LogP contribution in [-0.2, 0) is 15.9 Å². The van der Waals surface area contributed by atoms with Gasteiger partial charge in [-0.2, -0.15) is 0 Å². The smallest absolute Gasteiger partial charge is 0.182 e. The highest BCUT2D eigenvalue weighted by Gasteiger charge is 2.21. The molecule has 2 atom stereocenters. The lowest BCUT2D eigenvalue weighted by atomic mass is 10.0. The minimum Gasteiger partial charge on any atom is -0.489 e. The number of halogens is 1. The van der Waals surface area contributed by atoms with Gasteiger partial charge < -0.3 is 14.2 Å². The number of benzene rings is 2. The van der Waals surface area contributed by atoms with Crippen molar-refractivity contribution in [3.63, 3.8) is 0 Å². The van der Waals surface area contributed by atoms with E-state index in [0.717, 1.165) is 17.7 Å². The molecule has 1 heterocycles. The van der Waals surface area contributed by atoms with E-state index in [-0.39, 0.29) is 18.9 Å². The first-order valence-corrected chi connectivity index (χ1v) is 8.93. The number of hydrogen-bond acceptors (Lipinski definition) is 4. The SMILES string of the molecule is CCc1ccc(-c2ccc(OC[C@H]3N=CC(COCCF)O3)cc2)cc1. The lowest BCUT2D eigenvalue weighted by Crippen LogP contribution is -2.24. The molecule has 0 amide bonds. The zero-order valence-corrected chi connectivity index (χ0v) is 14.9. The van der Waals surface area contributed by atoms with Crippen LogP contribution in [0.1, 0.15) is 12.5 Å². The molecule has 0 aromatic heterocycles. The molecule has 2 aromatic carbocycles. The van der Waals surface area contributed by atoms with Crippen molar-refractivity contribution in [2.75, 3.05) is 26.5 Å². The van der Waals surface area contributed by atoms with Gasteiger partial charge in [-0.15, -0.1) is 0 Å². The molecule has 26 heavy (non-hydrogen) atoms. The van der Waals surface area contributed by atoms with Gasteiger partial charge in [0.1, 0.15) is 25.1 Å². The van der Waals surface area contributed by atoms with Crippen LogP contribution in [0.2, 0.25) is 0 Å². The van der Waals surface area contributed by atoms with Crippen molar-refractivity contribution in [1.29, 1.82) is 0 Å². The van der Waals surface area contributed by atoms with Gasteiger partial charge in [-0.3, -0.25) is 4.99 Å². The molecule has 0 spiro atoms. The molecule has 3 rings (SSSR count). The van der Waals surface area contributed by atoms with Crippen LogP contribution < -0.4 is 4.74 Å². The molecule has 0 saturated carbocycles. The summed E-state index contributed by atoms with van der Waals surface area (Å²) in [4.78, 5) is 4.25. The van der Waals surface area contributed by atoms with Gasteiger partial charge >= 0.3 is 0 Å². The second kappa shape index (κ2) is 9.46. The third-order valence-electron chi connectivity index (χ3n) is 4.20. The first-order valence-electron chi connectivity index (χ1n) is 8.93. The normalized spacial score (nSPS) is 19.0. The Balaban J connectivity index is 1.47. The van der Waals surface area contributed by atoms with E-state index in [4.69, 9.17) is 14.2 Å². The molecular weight excluding hydrogens is 333 g/mol. The van der Waals surface area contributed by atoms with E-state index in [9.17, 15) is 4.39 Å². The van der Waals surface area contributed by atoms with Crippen molar-refractivity contribution in [3.8, 4) is 16.9 Å². The van der Waals surface area contributed by atoms with Gasteiger partial charge in [-0.1, -0.05) is 43.3 Å². The number of alkyl halides is 1. The largest absolute Gasteiger partial charge is 0.489 e. The molecule has 4 nitrogen and oxygen atoms in total. The van der Waals surface area contributed by atoms with Crippen LogP contribution in [-0.4, -0.2) is 45.0 Å². The molecule has 0 bridgehead atoms. The highest BCUT2D eigenvalue weighted by Crippen LogP contribution is 2.23. The predicted octanol–water partition coefficient (Wildman–Crippen LogP) is 4.08. The Bertz CT molecular complexity index is 700. The number of ether oxygens (including phenoxy) is 3. The van der Waals surface area contributed by atoms with Crippen LogP contribution in [0, 0.1) is 0 Å². The quantitative estimate of drug-likeness (QED) is 0.635. The molecule has 1 unspecified atom stereocenters. The summed E-state index contributed by atoms with van der Waals surface area (Å²) in [5.74, 6) is 0.773. The lowest BCUT2D eigenvalue weighted by Gasteiger charge is -2.13. The highest BCUT2D eigenvalue weighted by atomic mass is 19.1. The van der Waals surface area contributed by atoms with Gasteiger partial charge in [0.15, 0.2) is 6.23 Å². The highest BCUT2D eigenvalue weighted by molar-refractivity contribution is 5.65. The Morgan fingerprint density at radius 1 is 1.00 bits per heavy atom. The fourth-order valence-corrected chi connectivity index (χ4v) is 2.73. The number of aryl methyl sites for hydroxylation is 1. The van der Waals surface area contributed by atoms with Crippen LogP contribution >= 0.6 is 0 Å². The molecule has 0 radical (unpaired) electrons. The summed E-state index contributed by atoms with van der Waals surface area (Å²) in [7, 11) is 0. The van der Waals surface area contributed by atoms with Crippen molar-refractivity contribution >= 4 is 6.21 Å². The topological polar surface area (TPSA) is 40.0 Å². The van der Waals surface area contributed by atoms with E-state index in [0.29, 0.717) is 13.2 Å². The number of aliphatic imine (C=N–C) groups is 1. The summed E-state index contributed by atoms with van der Waals surface area (Å²) in [6, 6.07) is 16.6. The second-order valence-electron chi connectivity index (χ2n) is 6.08. The molecule has 0 saturated heterocycles. The van der Waals surface area contributed by atoms with Gasteiger partial charge in [0.05, 0.1) is 13.2 Å². The van der Waals surface area contributed by atoms with Crippen molar-refractivity contribution in [2.24, 2.45) is 4.99 Å². The maximum Gasteiger partial charge on any atom is 0.182 e. The van der Waals surface area contributed by atoms with Crippen LogP contribution in [0.5, 0.6) is 5.75 Å². The van der Waals surface area contributed by atoms with Gasteiger partial charge in [0, 0.05) is 6.21 Å². The van der Waals surface area contributed by atoms with Crippen molar-refractivity contribution in [1.82, 2.24) is 0 Å². The molecule has 138 valence electrons. The Labute approximate surface area is 153 Å². The van der Waals surface area contributed by atoms with Gasteiger partial charge in [0.25, 0.3) is 0 Å². The summed E-state index contributed by atoms with van der Waals surface area (Å²) in [6.45, 7) is 2.40. The van der Waals surface area contributed by atoms with Gasteiger partial charge in [0.2, 0.25) is 0 Å². The van der Waals surface area contributed by atoms with Crippen LogP contribution in [0.4, 0.5) is 4.39 Å². The number of hydrogen-bond donors (Lipinski definition) is 0. The van der Waals surface area contributed by atoms with Crippen molar-refractivity contribution in [3.05, 3.63) is 54.1 Å². The summed E-state index contributed by atoms with van der Waals surface area (Å²) < 4.78 is 28.5. The fraction of sp³-hybridized carbons (Fsp3) is 0.381. The maximum absolute atomic E-state index is 12.0. The first-order chi connectivity index (χ1) is 12.8. The van der Waals surface area contributed by atoms with E-state index >= 15 is 0 Å². The summed E-state index contributed by atoms with van der Waals surface area (Å²) in [5.41, 5.74) is 3.67. The average Bonchev–Trinajstić information content (AvgIpc) is 3.15. The number of rotatable bonds is 9. The Morgan fingerprint density at radius 3 is 2.35 bits per heavy atom. The van der Waals surface area contributed by atoms with Crippen LogP contribution in [0.25, 0.3) is 11.1 Å². The van der Waals surface area contributed by atoms with E-state index in [1.54, 1.807) is 6.21 Å². The molecule has 5 heteroatoms. The minimum absolute atomic E-state index is 0.0857. The van der Waals surface area contributed by atoms with E-state index in [1.165, 1.54) is 11.1 Å². The second-order valence-corrected chi connectivity index (χ2v) is 6.08. The molecule has 0 fully saturated rings. The Kier molecular flexibility index (Phi) is 6.75. The zero-order valence-electron chi connectivity index (χ0n) is 14.9. The average molecular weight is 357 g/mol. The fourth-order valence-electron chi connectivity index (χ4n) is 2.73. The lowest BCUT2D eigenvalue weighted by molar-refractivity contribution is -0.0219. The summed E-state index contributed by atoms with van der Waals surface area (Å²) in [6.07, 6.45) is 2.15.